The molecular formula is C14H26N2O3. The Morgan fingerprint density at radius 1 is 1.53 bits per heavy atom. The molecule has 1 N–H and O–H groups in total. The van der Waals surface area contributed by atoms with Gasteiger partial charge >= 0.3 is 5.97 Å². The van der Waals surface area contributed by atoms with Crippen LogP contribution in [0.15, 0.2) is 0 Å². The molecule has 2 unspecified atom stereocenters. The predicted octanol–water partition coefficient (Wildman–Crippen LogP) is 0.638. The van der Waals surface area contributed by atoms with E-state index in [1.165, 1.54) is 0 Å². The van der Waals surface area contributed by atoms with Crippen LogP contribution in [0.3, 0.4) is 0 Å². The molecule has 1 aliphatic heterocycles. The molecule has 2 rings (SSSR count). The summed E-state index contributed by atoms with van der Waals surface area (Å²) < 4.78 is 10.9. The van der Waals surface area contributed by atoms with Gasteiger partial charge in [-0.05, 0) is 39.7 Å². The van der Waals surface area contributed by atoms with Crippen molar-refractivity contribution in [3.8, 4) is 0 Å². The maximum Gasteiger partial charge on any atom is 0.327 e. The molecule has 2 aliphatic rings. The Balaban J connectivity index is 2.06. The van der Waals surface area contributed by atoms with E-state index in [1.807, 2.05) is 14.0 Å². The maximum atomic E-state index is 12.4. The van der Waals surface area contributed by atoms with Crippen LogP contribution >= 0.6 is 0 Å². The average Bonchev–Trinajstić information content (AvgIpc) is 3.21. The van der Waals surface area contributed by atoms with Gasteiger partial charge < -0.3 is 14.8 Å². The Kier molecular flexibility index (Phi) is 4.81. The summed E-state index contributed by atoms with van der Waals surface area (Å²) in [6, 6.07) is 0. The smallest absolute Gasteiger partial charge is 0.327 e. The van der Waals surface area contributed by atoms with Crippen molar-refractivity contribution in [2.45, 2.75) is 38.3 Å². The number of carbonyl (C=O) groups excluding carboxylic acids is 1. The number of ether oxygens (including phenoxy) is 2. The first kappa shape index (κ1) is 14.8. The molecule has 0 radical (unpaired) electrons. The van der Waals surface area contributed by atoms with Crippen molar-refractivity contribution in [1.82, 2.24) is 10.2 Å². The summed E-state index contributed by atoms with van der Waals surface area (Å²) in [5.41, 5.74) is -0.535. The molecule has 0 amide bonds. The van der Waals surface area contributed by atoms with Crippen LogP contribution in [0, 0.1) is 5.92 Å². The number of carbonyl (C=O) groups is 1. The summed E-state index contributed by atoms with van der Waals surface area (Å²) in [6.45, 7) is 7.62. The molecule has 0 spiro atoms. The van der Waals surface area contributed by atoms with Gasteiger partial charge in [0, 0.05) is 19.6 Å². The van der Waals surface area contributed by atoms with E-state index in [0.717, 1.165) is 39.1 Å². The van der Waals surface area contributed by atoms with Crippen LogP contribution < -0.4 is 5.32 Å². The number of hydrogen-bond acceptors (Lipinski definition) is 5. The van der Waals surface area contributed by atoms with Crippen molar-refractivity contribution in [3.63, 3.8) is 0 Å². The van der Waals surface area contributed by atoms with E-state index in [1.54, 1.807) is 0 Å². The first-order valence-corrected chi connectivity index (χ1v) is 7.32. The topological polar surface area (TPSA) is 50.8 Å². The highest BCUT2D eigenvalue weighted by Crippen LogP contribution is 2.41. The fourth-order valence-electron chi connectivity index (χ4n) is 2.97. The van der Waals surface area contributed by atoms with Gasteiger partial charge in [-0.3, -0.25) is 4.90 Å². The summed E-state index contributed by atoms with van der Waals surface area (Å²) in [6.07, 6.45) is 2.46. The molecule has 5 nitrogen and oxygen atoms in total. The van der Waals surface area contributed by atoms with Gasteiger partial charge in [-0.1, -0.05) is 0 Å². The van der Waals surface area contributed by atoms with Crippen LogP contribution in [-0.2, 0) is 14.3 Å². The standard InChI is InChI=1S/C14H26N2O3/c1-4-18-13(17)14(15-3,12-5-6-12)10-16-7-8-19-11(2)9-16/h11-12,15H,4-10H2,1-3H3. The lowest BCUT2D eigenvalue weighted by Crippen LogP contribution is -2.61. The Morgan fingerprint density at radius 3 is 2.79 bits per heavy atom. The summed E-state index contributed by atoms with van der Waals surface area (Å²) >= 11 is 0. The van der Waals surface area contributed by atoms with E-state index in [4.69, 9.17) is 9.47 Å². The minimum absolute atomic E-state index is 0.0980. The Morgan fingerprint density at radius 2 is 2.26 bits per heavy atom. The van der Waals surface area contributed by atoms with Gasteiger partial charge in [0.2, 0.25) is 0 Å². The zero-order valence-electron chi connectivity index (χ0n) is 12.3. The molecule has 2 fully saturated rings. The van der Waals surface area contributed by atoms with E-state index < -0.39 is 5.54 Å². The molecule has 1 saturated heterocycles. The molecule has 0 bridgehead atoms. The lowest BCUT2D eigenvalue weighted by atomic mass is 9.92. The van der Waals surface area contributed by atoms with Gasteiger partial charge in [0.15, 0.2) is 0 Å². The number of esters is 1. The molecule has 19 heavy (non-hydrogen) atoms. The van der Waals surface area contributed by atoms with Crippen molar-refractivity contribution in [1.29, 1.82) is 0 Å². The zero-order chi connectivity index (χ0) is 13.9. The van der Waals surface area contributed by atoms with Gasteiger partial charge in [0.1, 0.15) is 5.54 Å². The molecule has 0 aromatic carbocycles. The number of rotatable bonds is 6. The third-order valence-electron chi connectivity index (χ3n) is 4.16. The second-order valence-electron chi connectivity index (χ2n) is 5.63. The molecule has 2 atom stereocenters. The highest BCUT2D eigenvalue weighted by atomic mass is 16.5. The molecule has 110 valence electrons. The normalized spacial score (nSPS) is 27.8. The number of morpholine rings is 1. The molecule has 0 aromatic rings. The Bertz CT molecular complexity index is 320. The minimum Gasteiger partial charge on any atom is -0.465 e. The summed E-state index contributed by atoms with van der Waals surface area (Å²) in [4.78, 5) is 14.7. The van der Waals surface area contributed by atoms with E-state index in [9.17, 15) is 4.79 Å². The Labute approximate surface area is 115 Å². The summed E-state index contributed by atoms with van der Waals surface area (Å²) in [5.74, 6) is 0.314. The molecular weight excluding hydrogens is 244 g/mol. The van der Waals surface area contributed by atoms with Gasteiger partial charge in [0.05, 0.1) is 19.3 Å². The third-order valence-corrected chi connectivity index (χ3v) is 4.16. The minimum atomic E-state index is -0.535. The van der Waals surface area contributed by atoms with E-state index in [0.29, 0.717) is 12.5 Å². The summed E-state index contributed by atoms with van der Waals surface area (Å²) in [5, 5.41) is 3.27. The largest absolute Gasteiger partial charge is 0.465 e. The number of nitrogens with zero attached hydrogens (tertiary/aromatic N) is 1. The van der Waals surface area contributed by atoms with Crippen molar-refractivity contribution in [2.24, 2.45) is 5.92 Å². The van der Waals surface area contributed by atoms with Crippen LogP contribution in [0.2, 0.25) is 0 Å². The fourth-order valence-corrected chi connectivity index (χ4v) is 2.97. The van der Waals surface area contributed by atoms with Crippen LogP contribution in [0.25, 0.3) is 0 Å². The molecule has 1 saturated carbocycles. The van der Waals surface area contributed by atoms with Crippen molar-refractivity contribution < 1.29 is 14.3 Å². The van der Waals surface area contributed by atoms with Crippen LogP contribution in [-0.4, -0.2) is 62.4 Å². The van der Waals surface area contributed by atoms with E-state index >= 15 is 0 Å². The molecule has 1 aliphatic carbocycles. The SMILES string of the molecule is CCOC(=O)C(CN1CCOC(C)C1)(NC)C1CC1. The average molecular weight is 270 g/mol. The summed E-state index contributed by atoms with van der Waals surface area (Å²) in [7, 11) is 1.87. The molecule has 0 aromatic heterocycles. The van der Waals surface area contributed by atoms with E-state index in [2.05, 4.69) is 17.1 Å². The molecule has 5 heteroatoms. The van der Waals surface area contributed by atoms with Gasteiger partial charge in [-0.2, -0.15) is 0 Å². The number of nitrogens with one attached hydrogen (secondary N) is 1. The van der Waals surface area contributed by atoms with Crippen LogP contribution in [0.4, 0.5) is 0 Å². The van der Waals surface area contributed by atoms with Gasteiger partial charge in [0.25, 0.3) is 0 Å². The highest BCUT2D eigenvalue weighted by Gasteiger charge is 2.52. The predicted molar refractivity (Wildman–Crippen MR) is 73.0 cm³/mol. The first-order chi connectivity index (χ1) is 9.12. The van der Waals surface area contributed by atoms with Crippen LogP contribution in [0.1, 0.15) is 26.7 Å². The second kappa shape index (κ2) is 6.20. The van der Waals surface area contributed by atoms with Gasteiger partial charge in [-0.25, -0.2) is 4.79 Å². The fraction of sp³-hybridized carbons (Fsp3) is 0.929. The van der Waals surface area contributed by atoms with Crippen molar-refractivity contribution in [2.75, 3.05) is 39.9 Å². The number of likely N-dealkylation sites (N-methyl/N-ethyl adjacent to an activating group) is 1. The monoisotopic (exact) mass is 270 g/mol. The van der Waals surface area contributed by atoms with Crippen molar-refractivity contribution >= 4 is 5.97 Å². The highest BCUT2D eigenvalue weighted by molar-refractivity contribution is 5.82. The van der Waals surface area contributed by atoms with E-state index in [-0.39, 0.29) is 12.1 Å². The third kappa shape index (κ3) is 3.27. The second-order valence-corrected chi connectivity index (χ2v) is 5.63. The first-order valence-electron chi connectivity index (χ1n) is 7.32. The quantitative estimate of drug-likeness (QED) is 0.718. The van der Waals surface area contributed by atoms with Crippen LogP contribution in [0.5, 0.6) is 0 Å². The number of hydrogen-bond donors (Lipinski definition) is 1. The zero-order valence-corrected chi connectivity index (χ0v) is 12.3. The van der Waals surface area contributed by atoms with Crippen molar-refractivity contribution in [3.05, 3.63) is 0 Å². The lowest BCUT2D eigenvalue weighted by Gasteiger charge is -2.39. The molecule has 1 heterocycles. The Hall–Kier alpha value is -0.650. The lowest BCUT2D eigenvalue weighted by molar-refractivity contribution is -0.154. The maximum absolute atomic E-state index is 12.4. The van der Waals surface area contributed by atoms with Gasteiger partial charge in [-0.15, -0.1) is 0 Å².